The van der Waals surface area contributed by atoms with Gasteiger partial charge in [0.15, 0.2) is 11.9 Å². The maximum atomic E-state index is 12.3. The molecule has 1 aromatic carbocycles. The van der Waals surface area contributed by atoms with E-state index in [0.29, 0.717) is 28.1 Å². The molecule has 0 aliphatic rings. The number of hydrogen-bond acceptors (Lipinski definition) is 5. The third-order valence-corrected chi connectivity index (χ3v) is 3.91. The van der Waals surface area contributed by atoms with Crippen LogP contribution >= 0.6 is 0 Å². The molecule has 0 radical (unpaired) electrons. The quantitative estimate of drug-likeness (QED) is 0.634. The van der Waals surface area contributed by atoms with Gasteiger partial charge in [-0.05, 0) is 51.5 Å². The topological polar surface area (TPSA) is 112 Å². The standard InChI is InChI=1S/C19H19N3O4/c1-10-16(12(3)23)11(2)21-17(10)19(25)26-13(4)18(24)22-15-7-5-6-14(8-15)9-20/h5-8,13,21H,1-4H3,(H,22,24)/t13-/m1/s1. The number of nitrogens with zero attached hydrogens (tertiary/aromatic N) is 1. The van der Waals surface area contributed by atoms with Crippen LogP contribution in [0, 0.1) is 25.2 Å². The Morgan fingerprint density at radius 1 is 1.27 bits per heavy atom. The molecule has 0 saturated carbocycles. The second-order valence-corrected chi connectivity index (χ2v) is 5.91. The van der Waals surface area contributed by atoms with E-state index in [9.17, 15) is 14.4 Å². The van der Waals surface area contributed by atoms with Gasteiger partial charge in [0.05, 0.1) is 11.6 Å². The molecule has 26 heavy (non-hydrogen) atoms. The van der Waals surface area contributed by atoms with Crippen molar-refractivity contribution in [2.45, 2.75) is 33.8 Å². The first kappa shape index (κ1) is 18.9. The fourth-order valence-electron chi connectivity index (χ4n) is 2.67. The summed E-state index contributed by atoms with van der Waals surface area (Å²) in [5.41, 5.74) is 2.51. The first-order valence-electron chi connectivity index (χ1n) is 7.96. The van der Waals surface area contributed by atoms with Crippen LogP contribution in [0.25, 0.3) is 0 Å². The predicted molar refractivity (Wildman–Crippen MR) is 94.9 cm³/mol. The van der Waals surface area contributed by atoms with E-state index < -0.39 is 18.0 Å². The summed E-state index contributed by atoms with van der Waals surface area (Å²) in [5, 5.41) is 11.5. The molecule has 2 aromatic rings. The molecular formula is C19H19N3O4. The Kier molecular flexibility index (Phi) is 5.58. The number of nitrogens with one attached hydrogen (secondary N) is 2. The van der Waals surface area contributed by atoms with E-state index >= 15 is 0 Å². The average Bonchev–Trinajstić information content (AvgIpc) is 2.89. The molecule has 2 N–H and O–H groups in total. The summed E-state index contributed by atoms with van der Waals surface area (Å²) in [5.74, 6) is -1.40. The average molecular weight is 353 g/mol. The molecule has 1 aromatic heterocycles. The van der Waals surface area contributed by atoms with Crippen LogP contribution in [0.5, 0.6) is 0 Å². The molecule has 1 amide bonds. The van der Waals surface area contributed by atoms with Gasteiger partial charge in [-0.15, -0.1) is 0 Å². The summed E-state index contributed by atoms with van der Waals surface area (Å²) in [4.78, 5) is 39.0. The van der Waals surface area contributed by atoms with Crippen LogP contribution in [0.3, 0.4) is 0 Å². The van der Waals surface area contributed by atoms with Crippen molar-refractivity contribution < 1.29 is 19.1 Å². The molecule has 7 heteroatoms. The van der Waals surface area contributed by atoms with Crippen molar-refractivity contribution >= 4 is 23.3 Å². The fraction of sp³-hybridized carbons (Fsp3) is 0.263. The number of H-pyrrole nitrogens is 1. The van der Waals surface area contributed by atoms with Crippen LogP contribution in [0.15, 0.2) is 24.3 Å². The van der Waals surface area contributed by atoms with Crippen LogP contribution in [-0.2, 0) is 9.53 Å². The number of ketones is 1. The summed E-state index contributed by atoms with van der Waals surface area (Å²) in [7, 11) is 0. The number of aromatic nitrogens is 1. The number of carbonyl (C=O) groups excluding carboxylic acids is 3. The van der Waals surface area contributed by atoms with E-state index in [0.717, 1.165) is 0 Å². The molecule has 1 heterocycles. The monoisotopic (exact) mass is 353 g/mol. The number of hydrogen-bond donors (Lipinski definition) is 2. The van der Waals surface area contributed by atoms with Crippen molar-refractivity contribution in [1.82, 2.24) is 4.98 Å². The maximum Gasteiger partial charge on any atom is 0.355 e. The number of nitriles is 1. The lowest BCUT2D eigenvalue weighted by atomic mass is 10.1. The highest BCUT2D eigenvalue weighted by molar-refractivity contribution is 6.02. The molecule has 0 spiro atoms. The zero-order chi connectivity index (χ0) is 19.4. The Hall–Kier alpha value is -3.40. The number of anilines is 1. The van der Waals surface area contributed by atoms with Gasteiger partial charge in [0, 0.05) is 16.9 Å². The number of aryl methyl sites for hydroxylation is 1. The smallest absolute Gasteiger partial charge is 0.355 e. The van der Waals surface area contributed by atoms with Gasteiger partial charge in [-0.25, -0.2) is 4.79 Å². The van der Waals surface area contributed by atoms with E-state index in [1.54, 1.807) is 32.0 Å². The van der Waals surface area contributed by atoms with E-state index in [1.807, 2.05) is 6.07 Å². The number of benzene rings is 1. The van der Waals surface area contributed by atoms with Crippen molar-refractivity contribution in [3.63, 3.8) is 0 Å². The van der Waals surface area contributed by atoms with Gasteiger partial charge in [-0.1, -0.05) is 6.07 Å². The molecule has 0 saturated heterocycles. The summed E-state index contributed by atoms with van der Waals surface area (Å²) >= 11 is 0. The number of amides is 1. The van der Waals surface area contributed by atoms with E-state index in [-0.39, 0.29) is 11.5 Å². The van der Waals surface area contributed by atoms with Crippen molar-refractivity contribution in [2.24, 2.45) is 0 Å². The normalized spacial score (nSPS) is 11.3. The third-order valence-electron chi connectivity index (χ3n) is 3.91. The Labute approximate surface area is 151 Å². The third kappa shape index (κ3) is 3.98. The number of esters is 1. The highest BCUT2D eigenvalue weighted by Gasteiger charge is 2.24. The first-order chi connectivity index (χ1) is 12.2. The summed E-state index contributed by atoms with van der Waals surface area (Å²) in [6.07, 6.45) is -1.06. The largest absolute Gasteiger partial charge is 0.448 e. The SMILES string of the molecule is CC(=O)c1c(C)[nH]c(C(=O)O[C@H](C)C(=O)Nc2cccc(C#N)c2)c1C. The van der Waals surface area contributed by atoms with E-state index in [4.69, 9.17) is 10.00 Å². The van der Waals surface area contributed by atoms with Crippen molar-refractivity contribution in [3.05, 3.63) is 52.3 Å². The van der Waals surface area contributed by atoms with Gasteiger partial charge in [-0.3, -0.25) is 9.59 Å². The van der Waals surface area contributed by atoms with E-state index in [2.05, 4.69) is 10.3 Å². The number of ether oxygens (including phenoxy) is 1. The molecular weight excluding hydrogens is 334 g/mol. The van der Waals surface area contributed by atoms with Crippen LogP contribution in [0.4, 0.5) is 5.69 Å². The lowest BCUT2D eigenvalue weighted by molar-refractivity contribution is -0.123. The molecule has 0 unspecified atom stereocenters. The molecule has 0 aliphatic carbocycles. The highest BCUT2D eigenvalue weighted by atomic mass is 16.5. The van der Waals surface area contributed by atoms with Crippen LogP contribution < -0.4 is 5.32 Å². The summed E-state index contributed by atoms with van der Waals surface area (Å²) < 4.78 is 5.20. The molecule has 0 aliphatic heterocycles. The minimum absolute atomic E-state index is 0.152. The Balaban J connectivity index is 2.09. The van der Waals surface area contributed by atoms with Crippen LogP contribution in [0.2, 0.25) is 0 Å². The predicted octanol–water partition coefficient (Wildman–Crippen LogP) is 2.89. The summed E-state index contributed by atoms with van der Waals surface area (Å²) in [6.45, 7) is 6.20. The van der Waals surface area contributed by atoms with Crippen molar-refractivity contribution in [3.8, 4) is 6.07 Å². The van der Waals surface area contributed by atoms with Crippen molar-refractivity contribution in [1.29, 1.82) is 5.26 Å². The molecule has 2 rings (SSSR count). The zero-order valence-corrected chi connectivity index (χ0v) is 15.0. The highest BCUT2D eigenvalue weighted by Crippen LogP contribution is 2.20. The fourth-order valence-corrected chi connectivity index (χ4v) is 2.67. The second kappa shape index (κ2) is 7.66. The number of Topliss-reactive ketones (excluding diaryl/α,β-unsaturated/α-hetero) is 1. The zero-order valence-electron chi connectivity index (χ0n) is 15.0. The summed E-state index contributed by atoms with van der Waals surface area (Å²) in [6, 6.07) is 8.38. The molecule has 7 nitrogen and oxygen atoms in total. The number of aromatic amines is 1. The molecule has 1 atom stereocenters. The van der Waals surface area contributed by atoms with Gasteiger partial charge < -0.3 is 15.0 Å². The molecule has 134 valence electrons. The second-order valence-electron chi connectivity index (χ2n) is 5.91. The van der Waals surface area contributed by atoms with Gasteiger partial charge in [0.1, 0.15) is 5.69 Å². The van der Waals surface area contributed by atoms with Gasteiger partial charge in [0.25, 0.3) is 5.91 Å². The number of carbonyl (C=O) groups is 3. The lowest BCUT2D eigenvalue weighted by Crippen LogP contribution is -2.30. The Morgan fingerprint density at radius 3 is 2.54 bits per heavy atom. The molecule has 0 fully saturated rings. The van der Waals surface area contributed by atoms with Crippen molar-refractivity contribution in [2.75, 3.05) is 5.32 Å². The Morgan fingerprint density at radius 2 is 1.96 bits per heavy atom. The minimum atomic E-state index is -1.06. The lowest BCUT2D eigenvalue weighted by Gasteiger charge is -2.13. The van der Waals surface area contributed by atoms with E-state index in [1.165, 1.54) is 19.9 Å². The van der Waals surface area contributed by atoms with Crippen LogP contribution in [-0.4, -0.2) is 28.7 Å². The maximum absolute atomic E-state index is 12.3. The van der Waals surface area contributed by atoms with Gasteiger partial charge in [-0.2, -0.15) is 5.26 Å². The van der Waals surface area contributed by atoms with Gasteiger partial charge >= 0.3 is 5.97 Å². The Bertz CT molecular complexity index is 921. The van der Waals surface area contributed by atoms with Crippen LogP contribution in [0.1, 0.15) is 51.5 Å². The minimum Gasteiger partial charge on any atom is -0.448 e. The first-order valence-corrected chi connectivity index (χ1v) is 7.96. The number of rotatable bonds is 5. The molecule has 0 bridgehead atoms. The van der Waals surface area contributed by atoms with Gasteiger partial charge in [0.2, 0.25) is 0 Å².